The normalized spacial score (nSPS) is 20.0. The van der Waals surface area contributed by atoms with Gasteiger partial charge in [0.1, 0.15) is 11.6 Å². The highest BCUT2D eigenvalue weighted by molar-refractivity contribution is 7.89. The lowest BCUT2D eigenvalue weighted by molar-refractivity contribution is -0.126. The largest absolute Gasteiger partial charge is 0.491 e. The van der Waals surface area contributed by atoms with Crippen molar-refractivity contribution >= 4 is 15.9 Å². The molecule has 1 aliphatic carbocycles. The summed E-state index contributed by atoms with van der Waals surface area (Å²) in [6, 6.07) is 12.0. The molecule has 0 spiro atoms. The Balaban J connectivity index is 1.50. The van der Waals surface area contributed by atoms with Gasteiger partial charge in [-0.25, -0.2) is 17.5 Å². The molecule has 0 aliphatic heterocycles. The average molecular weight is 463 g/mol. The molecule has 1 amide bonds. The monoisotopic (exact) mass is 462 g/mol. The van der Waals surface area contributed by atoms with Crippen LogP contribution >= 0.6 is 0 Å². The third-order valence-corrected chi connectivity index (χ3v) is 7.19. The lowest BCUT2D eigenvalue weighted by Gasteiger charge is -2.29. The molecule has 32 heavy (non-hydrogen) atoms. The highest BCUT2D eigenvalue weighted by Crippen LogP contribution is 2.27. The smallest absolute Gasteiger partial charge is 0.240 e. The highest BCUT2D eigenvalue weighted by atomic mass is 32.2. The Morgan fingerprint density at radius 2 is 1.56 bits per heavy atom. The molecule has 2 N–H and O–H groups in total. The number of ether oxygens (including phenoxy) is 1. The van der Waals surface area contributed by atoms with Crippen LogP contribution in [0.15, 0.2) is 53.4 Å². The van der Waals surface area contributed by atoms with E-state index < -0.39 is 10.0 Å². The first-order chi connectivity index (χ1) is 15.1. The molecule has 0 aromatic heterocycles. The van der Waals surface area contributed by atoms with Crippen LogP contribution in [-0.4, -0.2) is 26.5 Å². The van der Waals surface area contributed by atoms with Gasteiger partial charge in [0.05, 0.1) is 17.0 Å². The van der Waals surface area contributed by atoms with Gasteiger partial charge in [-0.1, -0.05) is 12.1 Å². The summed E-state index contributed by atoms with van der Waals surface area (Å²) < 4.78 is 46.8. The van der Waals surface area contributed by atoms with Crippen molar-refractivity contribution in [3.05, 3.63) is 59.9 Å². The second-order valence-electron chi connectivity index (χ2n) is 8.59. The quantitative estimate of drug-likeness (QED) is 0.612. The van der Waals surface area contributed by atoms with E-state index in [1.165, 1.54) is 24.3 Å². The zero-order valence-electron chi connectivity index (χ0n) is 18.7. The van der Waals surface area contributed by atoms with Crippen molar-refractivity contribution in [2.24, 2.45) is 5.92 Å². The second kappa shape index (κ2) is 10.4. The van der Waals surface area contributed by atoms with Gasteiger partial charge in [-0.05, 0) is 88.4 Å². The summed E-state index contributed by atoms with van der Waals surface area (Å²) in [6.07, 6.45) is 2.42. The molecule has 0 saturated heterocycles. The third-order valence-electron chi connectivity index (χ3n) is 5.65. The SMILES string of the molecule is CC(C)Oc1ccc(S(=O)(=O)NC2CCC(C(=O)NC(C)c3ccc(F)cc3)CC2)cc1. The fourth-order valence-electron chi connectivity index (χ4n) is 3.90. The number of carbonyl (C=O) groups excluding carboxylic acids is 1. The lowest BCUT2D eigenvalue weighted by Crippen LogP contribution is -2.41. The minimum absolute atomic E-state index is 0.0154. The van der Waals surface area contributed by atoms with E-state index in [4.69, 9.17) is 4.74 Å². The molecule has 174 valence electrons. The van der Waals surface area contributed by atoms with Crippen molar-refractivity contribution in [2.75, 3.05) is 0 Å². The molecule has 1 saturated carbocycles. The Hall–Kier alpha value is -2.45. The molecule has 2 aromatic carbocycles. The number of hydrogen-bond acceptors (Lipinski definition) is 4. The molecule has 6 nitrogen and oxygen atoms in total. The Morgan fingerprint density at radius 1 is 0.969 bits per heavy atom. The molecule has 1 fully saturated rings. The summed E-state index contributed by atoms with van der Waals surface area (Å²) >= 11 is 0. The van der Waals surface area contributed by atoms with Crippen LogP contribution in [0.1, 0.15) is 58.1 Å². The summed E-state index contributed by atoms with van der Waals surface area (Å²) in [6.45, 7) is 5.68. The molecule has 3 rings (SSSR count). The zero-order valence-corrected chi connectivity index (χ0v) is 19.5. The van der Waals surface area contributed by atoms with Gasteiger partial charge in [0.25, 0.3) is 0 Å². The van der Waals surface area contributed by atoms with Gasteiger partial charge >= 0.3 is 0 Å². The van der Waals surface area contributed by atoms with Crippen LogP contribution in [0.4, 0.5) is 4.39 Å². The Bertz CT molecular complexity index is 999. The first-order valence-corrected chi connectivity index (χ1v) is 12.5. The van der Waals surface area contributed by atoms with E-state index in [0.29, 0.717) is 31.4 Å². The topological polar surface area (TPSA) is 84.5 Å². The molecule has 0 heterocycles. The number of carbonyl (C=O) groups is 1. The summed E-state index contributed by atoms with van der Waals surface area (Å²) in [5, 5.41) is 2.98. The van der Waals surface area contributed by atoms with Crippen molar-refractivity contribution in [3.63, 3.8) is 0 Å². The molecule has 0 bridgehead atoms. The van der Waals surface area contributed by atoms with Crippen LogP contribution in [0.2, 0.25) is 0 Å². The molecule has 0 radical (unpaired) electrons. The van der Waals surface area contributed by atoms with Crippen molar-refractivity contribution in [1.29, 1.82) is 0 Å². The van der Waals surface area contributed by atoms with Gasteiger partial charge in [0.2, 0.25) is 15.9 Å². The van der Waals surface area contributed by atoms with Crippen molar-refractivity contribution in [3.8, 4) is 5.75 Å². The van der Waals surface area contributed by atoms with E-state index in [1.54, 1.807) is 24.3 Å². The first kappa shape index (κ1) is 24.2. The van der Waals surface area contributed by atoms with Crippen molar-refractivity contribution < 1.29 is 22.3 Å². The Morgan fingerprint density at radius 3 is 2.12 bits per heavy atom. The standard InChI is InChI=1S/C24H31FN2O4S/c1-16(2)31-22-12-14-23(15-13-22)32(29,30)27-21-10-6-19(7-11-21)24(28)26-17(3)18-4-8-20(25)9-5-18/h4-5,8-9,12-17,19,21,27H,6-7,10-11H2,1-3H3,(H,26,28). The fraction of sp³-hybridized carbons (Fsp3) is 0.458. The molecule has 1 unspecified atom stereocenters. The van der Waals surface area contributed by atoms with Crippen molar-refractivity contribution in [2.45, 2.75) is 69.5 Å². The summed E-state index contributed by atoms with van der Waals surface area (Å²) in [5.74, 6) is 0.100. The van der Waals surface area contributed by atoms with Crippen molar-refractivity contribution in [1.82, 2.24) is 10.0 Å². The summed E-state index contributed by atoms with van der Waals surface area (Å²) in [7, 11) is -3.64. The maximum absolute atomic E-state index is 13.1. The number of benzene rings is 2. The second-order valence-corrected chi connectivity index (χ2v) is 10.3. The first-order valence-electron chi connectivity index (χ1n) is 11.0. The van der Waals surface area contributed by atoms with E-state index in [2.05, 4.69) is 10.0 Å². The van der Waals surface area contributed by atoms with Crippen LogP contribution in [-0.2, 0) is 14.8 Å². The molecule has 1 aliphatic rings. The highest BCUT2D eigenvalue weighted by Gasteiger charge is 2.29. The van der Waals surface area contributed by atoms with Gasteiger partial charge < -0.3 is 10.1 Å². The van der Waals surface area contributed by atoms with Gasteiger partial charge in [-0.2, -0.15) is 0 Å². The van der Waals surface area contributed by atoms with E-state index in [0.717, 1.165) is 5.56 Å². The van der Waals surface area contributed by atoms with Crippen LogP contribution < -0.4 is 14.8 Å². The predicted octanol–water partition coefficient (Wildman–Crippen LogP) is 4.33. The predicted molar refractivity (Wildman–Crippen MR) is 121 cm³/mol. The minimum Gasteiger partial charge on any atom is -0.491 e. The summed E-state index contributed by atoms with van der Waals surface area (Å²) in [5.41, 5.74) is 0.839. The minimum atomic E-state index is -3.64. The number of amides is 1. The van der Waals surface area contributed by atoms with E-state index >= 15 is 0 Å². The van der Waals surface area contributed by atoms with Gasteiger partial charge in [-0.15, -0.1) is 0 Å². The third kappa shape index (κ3) is 6.53. The summed E-state index contributed by atoms with van der Waals surface area (Å²) in [4.78, 5) is 12.8. The molecule has 8 heteroatoms. The fourth-order valence-corrected chi connectivity index (χ4v) is 5.20. The molecule has 2 aromatic rings. The van der Waals surface area contributed by atoms with Crippen LogP contribution in [0.25, 0.3) is 0 Å². The number of hydrogen-bond donors (Lipinski definition) is 2. The van der Waals surface area contributed by atoms with Crippen LogP contribution in [0, 0.1) is 11.7 Å². The van der Waals surface area contributed by atoms with E-state index in [-0.39, 0.29) is 40.7 Å². The number of rotatable bonds is 8. The number of nitrogens with one attached hydrogen (secondary N) is 2. The Labute approximate surface area is 189 Å². The number of sulfonamides is 1. The van der Waals surface area contributed by atoms with E-state index in [1.807, 2.05) is 20.8 Å². The number of halogens is 1. The lowest BCUT2D eigenvalue weighted by atomic mass is 9.85. The van der Waals surface area contributed by atoms with Crippen LogP contribution in [0.5, 0.6) is 5.75 Å². The van der Waals surface area contributed by atoms with Gasteiger partial charge in [-0.3, -0.25) is 4.79 Å². The molecular weight excluding hydrogens is 431 g/mol. The van der Waals surface area contributed by atoms with Crippen LogP contribution in [0.3, 0.4) is 0 Å². The molecular formula is C24H31FN2O4S. The average Bonchev–Trinajstić information content (AvgIpc) is 2.74. The maximum atomic E-state index is 13.1. The zero-order chi connectivity index (χ0) is 23.3. The molecule has 1 atom stereocenters. The van der Waals surface area contributed by atoms with Gasteiger partial charge in [0, 0.05) is 12.0 Å². The maximum Gasteiger partial charge on any atom is 0.240 e. The van der Waals surface area contributed by atoms with Gasteiger partial charge in [0.15, 0.2) is 0 Å². The Kier molecular flexibility index (Phi) is 7.90. The van der Waals surface area contributed by atoms with E-state index in [9.17, 15) is 17.6 Å².